The van der Waals surface area contributed by atoms with Crippen LogP contribution in [-0.2, 0) is 4.74 Å². The summed E-state index contributed by atoms with van der Waals surface area (Å²) in [5.74, 6) is 6.84. The molecule has 0 bridgehead atoms. The molecule has 1 aliphatic carbocycles. The van der Waals surface area contributed by atoms with Crippen LogP contribution in [0, 0.1) is 12.3 Å². The third-order valence-electron chi connectivity index (χ3n) is 4.59. The van der Waals surface area contributed by atoms with Gasteiger partial charge in [-0.25, -0.2) is 10.8 Å². The van der Waals surface area contributed by atoms with E-state index >= 15 is 0 Å². The Morgan fingerprint density at radius 1 is 1.43 bits per heavy atom. The van der Waals surface area contributed by atoms with Gasteiger partial charge in [-0.05, 0) is 38.0 Å². The van der Waals surface area contributed by atoms with Gasteiger partial charge < -0.3 is 9.64 Å². The van der Waals surface area contributed by atoms with E-state index in [1.165, 1.54) is 12.8 Å². The average molecular weight is 291 g/mol. The van der Waals surface area contributed by atoms with Crippen molar-refractivity contribution in [2.24, 2.45) is 11.3 Å². The van der Waals surface area contributed by atoms with E-state index < -0.39 is 0 Å². The molecular formula is C15H25N5O. The first-order valence-corrected chi connectivity index (χ1v) is 7.76. The molecule has 21 heavy (non-hydrogen) atoms. The van der Waals surface area contributed by atoms with Crippen LogP contribution in [0.2, 0.25) is 0 Å². The third kappa shape index (κ3) is 3.44. The van der Waals surface area contributed by atoms with Gasteiger partial charge in [0, 0.05) is 24.8 Å². The van der Waals surface area contributed by atoms with Crippen molar-refractivity contribution in [1.82, 2.24) is 9.97 Å². The van der Waals surface area contributed by atoms with E-state index in [1.54, 1.807) is 0 Å². The molecule has 6 nitrogen and oxygen atoms in total. The first kappa shape index (κ1) is 14.5. The molecule has 1 aliphatic heterocycles. The molecule has 1 saturated carbocycles. The Labute approximate surface area is 126 Å². The van der Waals surface area contributed by atoms with Crippen molar-refractivity contribution in [3.05, 3.63) is 11.8 Å². The summed E-state index contributed by atoms with van der Waals surface area (Å²) < 4.78 is 6.08. The van der Waals surface area contributed by atoms with Crippen molar-refractivity contribution >= 4 is 11.8 Å². The molecule has 116 valence electrons. The zero-order valence-corrected chi connectivity index (χ0v) is 12.9. The topological polar surface area (TPSA) is 76.3 Å². The fourth-order valence-corrected chi connectivity index (χ4v) is 2.73. The molecule has 1 aromatic rings. The number of hydrogen-bond acceptors (Lipinski definition) is 6. The maximum absolute atomic E-state index is 6.08. The van der Waals surface area contributed by atoms with Crippen molar-refractivity contribution in [2.75, 3.05) is 30.0 Å². The van der Waals surface area contributed by atoms with Crippen LogP contribution in [0.15, 0.2) is 6.20 Å². The molecule has 1 saturated heterocycles. The number of aryl methyl sites for hydroxylation is 1. The summed E-state index contributed by atoms with van der Waals surface area (Å²) in [6.07, 6.45) is 6.97. The minimum atomic E-state index is 0.396. The highest BCUT2D eigenvalue weighted by atomic mass is 16.5. The van der Waals surface area contributed by atoms with E-state index in [1.807, 2.05) is 13.1 Å². The summed E-state index contributed by atoms with van der Waals surface area (Å²) in [6, 6.07) is 0. The Morgan fingerprint density at radius 2 is 2.14 bits per heavy atom. The zero-order valence-electron chi connectivity index (χ0n) is 12.9. The lowest BCUT2D eigenvalue weighted by atomic mass is 10.1. The van der Waals surface area contributed by atoms with Crippen molar-refractivity contribution in [1.29, 1.82) is 0 Å². The number of piperidine rings is 1. The molecule has 2 fully saturated rings. The normalized spacial score (nSPS) is 21.4. The Hall–Kier alpha value is -1.40. The van der Waals surface area contributed by atoms with E-state index in [0.29, 0.717) is 17.5 Å². The second-order valence-corrected chi connectivity index (χ2v) is 6.65. The second-order valence-electron chi connectivity index (χ2n) is 6.65. The fraction of sp³-hybridized carbons (Fsp3) is 0.733. The van der Waals surface area contributed by atoms with Gasteiger partial charge >= 0.3 is 0 Å². The van der Waals surface area contributed by atoms with Crippen molar-refractivity contribution in [3.63, 3.8) is 0 Å². The Bertz CT molecular complexity index is 495. The summed E-state index contributed by atoms with van der Waals surface area (Å²) in [5, 5.41) is 0. The number of nitrogens with one attached hydrogen (secondary N) is 1. The summed E-state index contributed by atoms with van der Waals surface area (Å²) in [5.41, 5.74) is 4.07. The van der Waals surface area contributed by atoms with E-state index in [0.717, 1.165) is 43.9 Å². The summed E-state index contributed by atoms with van der Waals surface area (Å²) in [7, 11) is 0. The van der Waals surface area contributed by atoms with Crippen LogP contribution in [0.5, 0.6) is 0 Å². The lowest BCUT2D eigenvalue weighted by molar-refractivity contribution is 0.0127. The van der Waals surface area contributed by atoms with Crippen molar-refractivity contribution in [2.45, 2.75) is 45.6 Å². The predicted octanol–water partition coefficient (Wildman–Crippen LogP) is 1.86. The smallest absolute Gasteiger partial charge is 0.239 e. The Kier molecular flexibility index (Phi) is 3.99. The Morgan fingerprint density at radius 3 is 2.76 bits per heavy atom. The molecular weight excluding hydrogens is 266 g/mol. The molecule has 3 N–H and O–H groups in total. The van der Waals surface area contributed by atoms with Gasteiger partial charge in [0.25, 0.3) is 0 Å². The average Bonchev–Trinajstić information content (AvgIpc) is 3.25. The van der Waals surface area contributed by atoms with Gasteiger partial charge in [0.05, 0.1) is 12.7 Å². The SMILES string of the molecule is Cc1cnc(NN)nc1N1CCC(OCC2(C)CC2)CC1. The van der Waals surface area contributed by atoms with Crippen LogP contribution in [0.3, 0.4) is 0 Å². The number of hydrazine groups is 1. The summed E-state index contributed by atoms with van der Waals surface area (Å²) in [4.78, 5) is 10.9. The number of nitrogens with two attached hydrogens (primary N) is 1. The zero-order chi connectivity index (χ0) is 14.9. The van der Waals surface area contributed by atoms with Crippen LogP contribution in [0.25, 0.3) is 0 Å². The van der Waals surface area contributed by atoms with E-state index in [-0.39, 0.29) is 0 Å². The molecule has 0 atom stereocenters. The highest BCUT2D eigenvalue weighted by Gasteiger charge is 2.38. The number of nitrogens with zero attached hydrogens (tertiary/aromatic N) is 3. The standard InChI is InChI=1S/C15H25N5O/c1-11-9-17-14(19-16)18-13(11)20-7-3-12(4-8-20)21-10-15(2)5-6-15/h9,12H,3-8,10,16H2,1-2H3,(H,17,18,19). The van der Waals surface area contributed by atoms with E-state index in [2.05, 4.69) is 27.2 Å². The van der Waals surface area contributed by atoms with Crippen LogP contribution >= 0.6 is 0 Å². The maximum atomic E-state index is 6.08. The molecule has 6 heteroatoms. The minimum Gasteiger partial charge on any atom is -0.378 e. The highest BCUT2D eigenvalue weighted by Crippen LogP contribution is 2.45. The van der Waals surface area contributed by atoms with Crippen LogP contribution in [0.1, 0.15) is 38.2 Å². The Balaban J connectivity index is 1.55. The second kappa shape index (κ2) is 5.77. The number of rotatable bonds is 5. The molecule has 0 aromatic carbocycles. The van der Waals surface area contributed by atoms with E-state index in [9.17, 15) is 0 Å². The fourth-order valence-electron chi connectivity index (χ4n) is 2.73. The molecule has 0 radical (unpaired) electrons. The molecule has 3 rings (SSSR count). The quantitative estimate of drug-likeness (QED) is 0.637. The summed E-state index contributed by atoms with van der Waals surface area (Å²) >= 11 is 0. The highest BCUT2D eigenvalue weighted by molar-refractivity contribution is 5.49. The third-order valence-corrected chi connectivity index (χ3v) is 4.59. The molecule has 0 spiro atoms. The lowest BCUT2D eigenvalue weighted by Crippen LogP contribution is -2.38. The van der Waals surface area contributed by atoms with Gasteiger partial charge in [-0.3, -0.25) is 5.43 Å². The number of hydrogen-bond donors (Lipinski definition) is 2. The lowest BCUT2D eigenvalue weighted by Gasteiger charge is -2.34. The minimum absolute atomic E-state index is 0.396. The van der Waals surface area contributed by atoms with Crippen LogP contribution in [0.4, 0.5) is 11.8 Å². The predicted molar refractivity (Wildman–Crippen MR) is 83.1 cm³/mol. The number of anilines is 2. The van der Waals surface area contributed by atoms with E-state index in [4.69, 9.17) is 10.6 Å². The maximum Gasteiger partial charge on any atom is 0.239 e. The van der Waals surface area contributed by atoms with Crippen LogP contribution in [-0.4, -0.2) is 35.8 Å². The number of aromatic nitrogens is 2. The van der Waals surface area contributed by atoms with Gasteiger partial charge in [-0.15, -0.1) is 0 Å². The van der Waals surface area contributed by atoms with Gasteiger partial charge in [-0.1, -0.05) is 6.92 Å². The van der Waals surface area contributed by atoms with Gasteiger partial charge in [0.1, 0.15) is 5.82 Å². The van der Waals surface area contributed by atoms with Crippen molar-refractivity contribution < 1.29 is 4.74 Å². The molecule has 0 amide bonds. The van der Waals surface area contributed by atoms with Crippen LogP contribution < -0.4 is 16.2 Å². The first-order valence-electron chi connectivity index (χ1n) is 7.76. The number of nitrogen functional groups attached to an aromatic ring is 1. The molecule has 2 heterocycles. The van der Waals surface area contributed by atoms with Gasteiger partial charge in [0.2, 0.25) is 5.95 Å². The van der Waals surface area contributed by atoms with Crippen molar-refractivity contribution in [3.8, 4) is 0 Å². The summed E-state index contributed by atoms with van der Waals surface area (Å²) in [6.45, 7) is 7.22. The van der Waals surface area contributed by atoms with Gasteiger partial charge in [0.15, 0.2) is 0 Å². The molecule has 0 unspecified atom stereocenters. The monoisotopic (exact) mass is 291 g/mol. The molecule has 1 aromatic heterocycles. The molecule has 2 aliphatic rings. The first-order chi connectivity index (χ1) is 10.1. The van der Waals surface area contributed by atoms with Gasteiger partial charge in [-0.2, -0.15) is 4.98 Å². The number of ether oxygens (including phenoxy) is 1. The largest absolute Gasteiger partial charge is 0.378 e.